The summed E-state index contributed by atoms with van der Waals surface area (Å²) >= 11 is 0. The molecule has 0 bridgehead atoms. The number of carbonyl (C=O) groups is 1. The molecule has 1 atom stereocenters. The van der Waals surface area contributed by atoms with Gasteiger partial charge in [0.2, 0.25) is 0 Å². The molecule has 0 saturated carbocycles. The minimum absolute atomic E-state index is 0.317. The fourth-order valence-electron chi connectivity index (χ4n) is 1.37. The quantitative estimate of drug-likeness (QED) is 0.693. The van der Waals surface area contributed by atoms with Gasteiger partial charge in [-0.05, 0) is 31.5 Å². The second-order valence-corrected chi connectivity index (χ2v) is 3.27. The lowest BCUT2D eigenvalue weighted by atomic mass is 10.2. The van der Waals surface area contributed by atoms with Crippen molar-refractivity contribution in [2.75, 3.05) is 6.61 Å². The highest BCUT2D eigenvalue weighted by atomic mass is 16.7. The SMILES string of the molecule is CCOC(=O)C1Oc2ccc(C)cc2O1. The van der Waals surface area contributed by atoms with Crippen LogP contribution in [0.3, 0.4) is 0 Å². The molecule has 1 aromatic rings. The van der Waals surface area contributed by atoms with Crippen molar-refractivity contribution in [3.8, 4) is 11.5 Å². The fourth-order valence-corrected chi connectivity index (χ4v) is 1.37. The van der Waals surface area contributed by atoms with E-state index in [1.807, 2.05) is 19.1 Å². The monoisotopic (exact) mass is 208 g/mol. The van der Waals surface area contributed by atoms with E-state index in [-0.39, 0.29) is 0 Å². The Labute approximate surface area is 87.8 Å². The van der Waals surface area contributed by atoms with E-state index in [2.05, 4.69) is 0 Å². The first-order valence-corrected chi connectivity index (χ1v) is 4.81. The summed E-state index contributed by atoms with van der Waals surface area (Å²) in [6.07, 6.45) is -0.957. The first-order valence-electron chi connectivity index (χ1n) is 4.81. The normalized spacial score (nSPS) is 17.6. The van der Waals surface area contributed by atoms with Crippen LogP contribution in [0.4, 0.5) is 0 Å². The molecule has 0 radical (unpaired) electrons. The van der Waals surface area contributed by atoms with Gasteiger partial charge < -0.3 is 14.2 Å². The minimum atomic E-state index is -0.957. The van der Waals surface area contributed by atoms with Gasteiger partial charge in [-0.15, -0.1) is 0 Å². The van der Waals surface area contributed by atoms with Crippen LogP contribution in [0.1, 0.15) is 12.5 Å². The topological polar surface area (TPSA) is 44.8 Å². The van der Waals surface area contributed by atoms with E-state index in [1.165, 1.54) is 0 Å². The highest BCUT2D eigenvalue weighted by Gasteiger charge is 2.31. The molecule has 1 heterocycles. The van der Waals surface area contributed by atoms with Crippen LogP contribution >= 0.6 is 0 Å². The Kier molecular flexibility index (Phi) is 2.49. The Morgan fingerprint density at radius 1 is 1.40 bits per heavy atom. The van der Waals surface area contributed by atoms with E-state index >= 15 is 0 Å². The highest BCUT2D eigenvalue weighted by Crippen LogP contribution is 2.35. The number of fused-ring (bicyclic) bond motifs is 1. The van der Waals surface area contributed by atoms with Crippen LogP contribution < -0.4 is 9.47 Å². The van der Waals surface area contributed by atoms with Crippen LogP contribution in [0.5, 0.6) is 11.5 Å². The maximum Gasteiger partial charge on any atom is 0.389 e. The number of aryl methyl sites for hydroxylation is 1. The first-order chi connectivity index (χ1) is 7.20. The van der Waals surface area contributed by atoms with Crippen molar-refractivity contribution in [2.45, 2.75) is 20.1 Å². The lowest BCUT2D eigenvalue weighted by Crippen LogP contribution is -2.30. The Bertz CT molecular complexity index is 386. The Morgan fingerprint density at radius 2 is 2.13 bits per heavy atom. The maximum absolute atomic E-state index is 11.3. The molecule has 1 aliphatic rings. The van der Waals surface area contributed by atoms with E-state index in [1.54, 1.807) is 13.0 Å². The van der Waals surface area contributed by atoms with E-state index < -0.39 is 12.3 Å². The Hall–Kier alpha value is -1.71. The summed E-state index contributed by atoms with van der Waals surface area (Å²) in [6.45, 7) is 4.00. The summed E-state index contributed by atoms with van der Waals surface area (Å²) in [6, 6.07) is 5.51. The number of esters is 1. The maximum atomic E-state index is 11.3. The van der Waals surface area contributed by atoms with Crippen LogP contribution in [0.2, 0.25) is 0 Å². The Balaban J connectivity index is 2.12. The highest BCUT2D eigenvalue weighted by molar-refractivity contribution is 5.75. The molecule has 0 aliphatic carbocycles. The smallest absolute Gasteiger partial charge is 0.389 e. The van der Waals surface area contributed by atoms with Crippen molar-refractivity contribution in [3.05, 3.63) is 23.8 Å². The lowest BCUT2D eigenvalue weighted by molar-refractivity contribution is -0.161. The molecule has 4 nitrogen and oxygen atoms in total. The van der Waals surface area contributed by atoms with Gasteiger partial charge in [0, 0.05) is 0 Å². The minimum Gasteiger partial charge on any atom is -0.460 e. The standard InChI is InChI=1S/C11H12O4/c1-3-13-10(12)11-14-8-5-4-7(2)6-9(8)15-11/h4-6,11H,3H2,1-2H3. The summed E-state index contributed by atoms with van der Waals surface area (Å²) in [5, 5.41) is 0. The molecule has 0 saturated heterocycles. The number of ether oxygens (including phenoxy) is 3. The van der Waals surface area contributed by atoms with E-state index in [0.29, 0.717) is 18.1 Å². The van der Waals surface area contributed by atoms with E-state index in [0.717, 1.165) is 5.56 Å². The van der Waals surface area contributed by atoms with Crippen LogP contribution in [-0.4, -0.2) is 18.9 Å². The molecule has 4 heteroatoms. The molecular weight excluding hydrogens is 196 g/mol. The third kappa shape index (κ3) is 1.88. The molecule has 1 aromatic carbocycles. The van der Waals surface area contributed by atoms with E-state index in [4.69, 9.17) is 14.2 Å². The molecule has 1 unspecified atom stereocenters. The molecule has 0 N–H and O–H groups in total. The number of hydrogen-bond donors (Lipinski definition) is 0. The van der Waals surface area contributed by atoms with Gasteiger partial charge in [0.15, 0.2) is 11.5 Å². The van der Waals surface area contributed by atoms with Gasteiger partial charge >= 0.3 is 12.3 Å². The Morgan fingerprint density at radius 3 is 2.87 bits per heavy atom. The first kappa shape index (κ1) is 9.83. The predicted molar refractivity (Wildman–Crippen MR) is 52.9 cm³/mol. The zero-order valence-corrected chi connectivity index (χ0v) is 8.65. The zero-order chi connectivity index (χ0) is 10.8. The number of benzene rings is 1. The zero-order valence-electron chi connectivity index (χ0n) is 8.65. The van der Waals surface area contributed by atoms with Crippen LogP contribution in [0.15, 0.2) is 18.2 Å². The molecule has 0 amide bonds. The van der Waals surface area contributed by atoms with Crippen LogP contribution in [0.25, 0.3) is 0 Å². The van der Waals surface area contributed by atoms with Gasteiger partial charge in [-0.25, -0.2) is 4.79 Å². The van der Waals surface area contributed by atoms with Crippen molar-refractivity contribution in [2.24, 2.45) is 0 Å². The molecule has 2 rings (SSSR count). The second-order valence-electron chi connectivity index (χ2n) is 3.27. The van der Waals surface area contributed by atoms with Gasteiger partial charge in [0.1, 0.15) is 0 Å². The van der Waals surface area contributed by atoms with Gasteiger partial charge in [0.25, 0.3) is 0 Å². The lowest BCUT2D eigenvalue weighted by Gasteiger charge is -2.07. The van der Waals surface area contributed by atoms with Crippen LogP contribution in [-0.2, 0) is 9.53 Å². The molecule has 0 fully saturated rings. The largest absolute Gasteiger partial charge is 0.460 e. The van der Waals surface area contributed by atoms with Gasteiger partial charge in [0.05, 0.1) is 6.61 Å². The van der Waals surface area contributed by atoms with Gasteiger partial charge in [-0.1, -0.05) is 6.07 Å². The van der Waals surface area contributed by atoms with Crippen molar-refractivity contribution in [1.29, 1.82) is 0 Å². The molecule has 0 spiro atoms. The molecular formula is C11H12O4. The second kappa shape index (κ2) is 3.81. The van der Waals surface area contributed by atoms with Crippen molar-refractivity contribution in [1.82, 2.24) is 0 Å². The van der Waals surface area contributed by atoms with E-state index in [9.17, 15) is 4.79 Å². The van der Waals surface area contributed by atoms with Gasteiger partial charge in [-0.3, -0.25) is 0 Å². The average Bonchev–Trinajstić information content (AvgIpc) is 2.60. The van der Waals surface area contributed by atoms with Crippen molar-refractivity contribution >= 4 is 5.97 Å². The number of carbonyl (C=O) groups excluding carboxylic acids is 1. The number of hydrogen-bond acceptors (Lipinski definition) is 4. The third-order valence-electron chi connectivity index (χ3n) is 2.05. The average molecular weight is 208 g/mol. The molecule has 80 valence electrons. The summed E-state index contributed by atoms with van der Waals surface area (Å²) in [5.41, 5.74) is 1.06. The summed E-state index contributed by atoms with van der Waals surface area (Å²) < 4.78 is 15.4. The predicted octanol–water partition coefficient (Wildman–Crippen LogP) is 1.66. The fraction of sp³-hybridized carbons (Fsp3) is 0.364. The summed E-state index contributed by atoms with van der Waals surface area (Å²) in [7, 11) is 0. The molecule has 15 heavy (non-hydrogen) atoms. The third-order valence-corrected chi connectivity index (χ3v) is 2.05. The number of rotatable bonds is 2. The summed E-state index contributed by atoms with van der Waals surface area (Å²) in [5.74, 6) is 0.679. The van der Waals surface area contributed by atoms with Crippen molar-refractivity contribution in [3.63, 3.8) is 0 Å². The van der Waals surface area contributed by atoms with Gasteiger partial charge in [-0.2, -0.15) is 0 Å². The summed E-state index contributed by atoms with van der Waals surface area (Å²) in [4.78, 5) is 11.3. The molecule has 1 aliphatic heterocycles. The van der Waals surface area contributed by atoms with Crippen molar-refractivity contribution < 1.29 is 19.0 Å². The van der Waals surface area contributed by atoms with Crippen LogP contribution in [0, 0.1) is 6.92 Å². The molecule has 0 aromatic heterocycles.